The summed E-state index contributed by atoms with van der Waals surface area (Å²) in [6, 6.07) is 6.65. The molecule has 1 amide bonds. The van der Waals surface area contributed by atoms with Crippen LogP contribution in [0.25, 0.3) is 11.0 Å². The first-order valence-electron chi connectivity index (χ1n) is 10.8. The number of carbonyl (C=O) groups is 2. The van der Waals surface area contributed by atoms with Crippen molar-refractivity contribution in [3.05, 3.63) is 56.5 Å². The van der Waals surface area contributed by atoms with E-state index in [1.165, 1.54) is 18.5 Å². The number of carbonyl (C=O) groups excluding carboxylic acids is 2. The molecule has 9 nitrogen and oxygen atoms in total. The molecule has 1 fully saturated rings. The van der Waals surface area contributed by atoms with Gasteiger partial charge in [0.1, 0.15) is 16.2 Å². The molecule has 1 saturated carbocycles. The molecular weight excluding hydrogens is 442 g/mol. The fourth-order valence-electron chi connectivity index (χ4n) is 4.04. The van der Waals surface area contributed by atoms with Crippen LogP contribution in [0.15, 0.2) is 38.9 Å². The Kier molecular flexibility index (Phi) is 6.46. The molecule has 3 aromatic rings. The maximum atomic E-state index is 12.9. The molecule has 0 bridgehead atoms. The molecule has 1 aliphatic carbocycles. The average molecular weight is 468 g/mol. The van der Waals surface area contributed by atoms with E-state index in [0.717, 1.165) is 42.0 Å². The van der Waals surface area contributed by atoms with E-state index < -0.39 is 11.2 Å². The summed E-state index contributed by atoms with van der Waals surface area (Å²) in [4.78, 5) is 58.6. The van der Waals surface area contributed by atoms with Gasteiger partial charge in [0, 0.05) is 31.3 Å². The Balaban J connectivity index is 1.64. The number of aromatic nitrogens is 4. The third-order valence-corrected chi connectivity index (χ3v) is 6.89. The predicted octanol–water partition coefficient (Wildman–Crippen LogP) is 2.62. The van der Waals surface area contributed by atoms with Crippen molar-refractivity contribution in [1.29, 1.82) is 0 Å². The largest absolute Gasteiger partial charge is 0.332 e. The van der Waals surface area contributed by atoms with Gasteiger partial charge in [-0.3, -0.25) is 23.5 Å². The van der Waals surface area contributed by atoms with Crippen LogP contribution < -0.4 is 16.6 Å². The number of nitrogens with zero attached hydrogens (tertiary/aromatic N) is 4. The van der Waals surface area contributed by atoms with E-state index >= 15 is 0 Å². The van der Waals surface area contributed by atoms with E-state index in [1.54, 1.807) is 31.3 Å². The Morgan fingerprint density at radius 3 is 2.36 bits per heavy atom. The second kappa shape index (κ2) is 9.30. The number of fused-ring (bicyclic) bond motifs is 1. The van der Waals surface area contributed by atoms with Crippen molar-refractivity contribution in [2.75, 3.05) is 11.1 Å². The molecule has 2 heterocycles. The van der Waals surface area contributed by atoms with E-state index in [1.807, 2.05) is 0 Å². The van der Waals surface area contributed by atoms with Gasteiger partial charge in [-0.1, -0.05) is 24.6 Å². The summed E-state index contributed by atoms with van der Waals surface area (Å²) >= 11 is 1.15. The maximum absolute atomic E-state index is 12.9. The number of hydrogen-bond acceptors (Lipinski definition) is 7. The molecule has 1 aliphatic rings. The van der Waals surface area contributed by atoms with E-state index in [0.29, 0.717) is 27.7 Å². The standard InChI is InChI=1S/C23H25N5O4S/c1-13(29)14-8-10-16(11-9-14)24-17(30)12-33-21-18-20(27(2)23(32)28(3)22(18)31)25-19(26-21)15-6-4-5-7-15/h8-11,15H,4-7,12H2,1-3H3,(H,24,30). The lowest BCUT2D eigenvalue weighted by Gasteiger charge is -2.14. The summed E-state index contributed by atoms with van der Waals surface area (Å²) in [6.45, 7) is 1.48. The van der Waals surface area contributed by atoms with E-state index in [2.05, 4.69) is 15.3 Å². The Labute approximate surface area is 194 Å². The molecule has 0 saturated heterocycles. The first kappa shape index (κ1) is 22.9. The fourth-order valence-corrected chi connectivity index (χ4v) is 4.86. The highest BCUT2D eigenvalue weighted by Gasteiger charge is 2.24. The van der Waals surface area contributed by atoms with Crippen molar-refractivity contribution in [3.63, 3.8) is 0 Å². The Morgan fingerprint density at radius 2 is 1.73 bits per heavy atom. The van der Waals surface area contributed by atoms with Crippen molar-refractivity contribution in [2.45, 2.75) is 43.6 Å². The number of hydrogen-bond donors (Lipinski definition) is 1. The van der Waals surface area contributed by atoms with Crippen LogP contribution in [0.3, 0.4) is 0 Å². The number of amides is 1. The number of benzene rings is 1. The molecule has 0 unspecified atom stereocenters. The molecule has 0 radical (unpaired) electrons. The van der Waals surface area contributed by atoms with Gasteiger partial charge in [0.25, 0.3) is 5.56 Å². The number of thioether (sulfide) groups is 1. The molecule has 1 aromatic carbocycles. The van der Waals surface area contributed by atoms with E-state index in [9.17, 15) is 19.2 Å². The lowest BCUT2D eigenvalue weighted by atomic mass is 10.1. The summed E-state index contributed by atoms with van der Waals surface area (Å²) < 4.78 is 2.39. The third kappa shape index (κ3) is 4.61. The molecule has 0 atom stereocenters. The summed E-state index contributed by atoms with van der Waals surface area (Å²) in [7, 11) is 3.00. The Morgan fingerprint density at radius 1 is 1.06 bits per heavy atom. The topological polar surface area (TPSA) is 116 Å². The maximum Gasteiger partial charge on any atom is 0.332 e. The number of ketones is 1. The molecule has 33 heavy (non-hydrogen) atoms. The summed E-state index contributed by atoms with van der Waals surface area (Å²) in [5.41, 5.74) is 0.502. The molecule has 10 heteroatoms. The third-order valence-electron chi connectivity index (χ3n) is 5.92. The number of Topliss-reactive ketones (excluding diaryl/α,β-unsaturated/α-hetero) is 1. The van der Waals surface area contributed by atoms with E-state index in [4.69, 9.17) is 0 Å². The number of nitrogens with one attached hydrogen (secondary N) is 1. The minimum absolute atomic E-state index is 0.0245. The normalized spacial score (nSPS) is 14.0. The van der Waals surface area contributed by atoms with Crippen molar-refractivity contribution in [1.82, 2.24) is 19.1 Å². The highest BCUT2D eigenvalue weighted by Crippen LogP contribution is 2.34. The molecule has 2 aromatic heterocycles. The zero-order valence-electron chi connectivity index (χ0n) is 18.8. The first-order chi connectivity index (χ1) is 15.8. The van der Waals surface area contributed by atoms with Crippen molar-refractivity contribution in [2.24, 2.45) is 14.1 Å². The SMILES string of the molecule is CC(=O)c1ccc(NC(=O)CSc2nc(C3CCCC3)nc3c2c(=O)n(C)c(=O)n3C)cc1. The minimum Gasteiger partial charge on any atom is -0.325 e. The zero-order valence-corrected chi connectivity index (χ0v) is 19.6. The van der Waals surface area contributed by atoms with Gasteiger partial charge in [0.2, 0.25) is 5.91 Å². The van der Waals surface area contributed by atoms with Crippen molar-refractivity contribution < 1.29 is 9.59 Å². The summed E-state index contributed by atoms with van der Waals surface area (Å²) in [6.07, 6.45) is 4.11. The minimum atomic E-state index is -0.478. The quantitative estimate of drug-likeness (QED) is 0.336. The van der Waals surface area contributed by atoms with Crippen molar-refractivity contribution in [3.8, 4) is 0 Å². The Bertz CT molecular complexity index is 1350. The van der Waals surface area contributed by atoms with Crippen LogP contribution in [0, 0.1) is 0 Å². The van der Waals surface area contributed by atoms with Gasteiger partial charge in [0.05, 0.1) is 5.75 Å². The second-order valence-corrected chi connectivity index (χ2v) is 9.21. The Hall–Kier alpha value is -3.27. The van der Waals surface area contributed by atoms with Gasteiger partial charge in [-0.25, -0.2) is 14.8 Å². The number of anilines is 1. The predicted molar refractivity (Wildman–Crippen MR) is 127 cm³/mol. The highest BCUT2D eigenvalue weighted by molar-refractivity contribution is 8.00. The molecule has 1 N–H and O–H groups in total. The summed E-state index contributed by atoms with van der Waals surface area (Å²) in [5.74, 6) is 0.503. The zero-order chi connectivity index (χ0) is 23.7. The second-order valence-electron chi connectivity index (χ2n) is 8.24. The van der Waals surface area contributed by atoms with Crippen LogP contribution in [-0.4, -0.2) is 36.5 Å². The van der Waals surface area contributed by atoms with Crippen LogP contribution >= 0.6 is 11.8 Å². The smallest absolute Gasteiger partial charge is 0.325 e. The van der Waals surface area contributed by atoms with Gasteiger partial charge in [0.15, 0.2) is 11.4 Å². The van der Waals surface area contributed by atoms with Crippen LogP contribution in [0.5, 0.6) is 0 Å². The van der Waals surface area contributed by atoms with Crippen LogP contribution in [0.4, 0.5) is 5.69 Å². The van der Waals surface area contributed by atoms with Gasteiger partial charge < -0.3 is 5.32 Å². The molecular formula is C23H25N5O4S. The number of rotatable bonds is 6. The first-order valence-corrected chi connectivity index (χ1v) is 11.8. The van der Waals surface area contributed by atoms with E-state index in [-0.39, 0.29) is 28.7 Å². The lowest BCUT2D eigenvalue weighted by molar-refractivity contribution is -0.113. The van der Waals surface area contributed by atoms with Crippen LogP contribution in [0.1, 0.15) is 54.7 Å². The lowest BCUT2D eigenvalue weighted by Crippen LogP contribution is -2.38. The average Bonchev–Trinajstić information content (AvgIpc) is 3.35. The molecule has 0 aliphatic heterocycles. The van der Waals surface area contributed by atoms with Crippen LogP contribution in [-0.2, 0) is 18.9 Å². The summed E-state index contributed by atoms with van der Waals surface area (Å²) in [5, 5.41) is 3.43. The molecule has 4 rings (SSSR count). The van der Waals surface area contributed by atoms with Crippen LogP contribution in [0.2, 0.25) is 0 Å². The van der Waals surface area contributed by atoms with Gasteiger partial charge in [-0.05, 0) is 44.0 Å². The van der Waals surface area contributed by atoms with Gasteiger partial charge in [-0.15, -0.1) is 0 Å². The number of aryl methyl sites for hydroxylation is 1. The van der Waals surface area contributed by atoms with Crippen molar-refractivity contribution >= 4 is 40.2 Å². The fraction of sp³-hybridized carbons (Fsp3) is 0.391. The molecule has 172 valence electrons. The van der Waals surface area contributed by atoms with Gasteiger partial charge in [-0.2, -0.15) is 0 Å². The van der Waals surface area contributed by atoms with Gasteiger partial charge >= 0.3 is 5.69 Å². The highest BCUT2D eigenvalue weighted by atomic mass is 32.2. The monoisotopic (exact) mass is 467 g/mol. The molecule has 0 spiro atoms.